The van der Waals surface area contributed by atoms with Crippen LogP contribution in [0.25, 0.3) is 10.9 Å². The number of halogens is 1. The van der Waals surface area contributed by atoms with Crippen LogP contribution in [-0.4, -0.2) is 22.9 Å². The Kier molecular flexibility index (Phi) is 3.30. The lowest BCUT2D eigenvalue weighted by molar-refractivity contribution is 0.609. The highest BCUT2D eigenvalue weighted by molar-refractivity contribution is 9.10. The number of benzene rings is 1. The van der Waals surface area contributed by atoms with Crippen LogP contribution >= 0.6 is 15.9 Å². The summed E-state index contributed by atoms with van der Waals surface area (Å²) in [6, 6.07) is 6.95. The molecule has 3 nitrogen and oxygen atoms in total. The van der Waals surface area contributed by atoms with Crippen LogP contribution < -0.4 is 5.32 Å². The quantitative estimate of drug-likeness (QED) is 0.937. The lowest BCUT2D eigenvalue weighted by Crippen LogP contribution is -2.23. The molecule has 1 aromatic carbocycles. The standard InChI is InChI=1S/C12H16BrN3/c1-8(14-2)6-9-4-5-10-11(7-9)15-16(3)12(10)13/h4-5,7-8,14H,6H2,1-3H3. The number of nitrogens with zero attached hydrogens (tertiary/aromatic N) is 2. The zero-order valence-corrected chi connectivity index (χ0v) is 11.4. The molecule has 0 spiro atoms. The first kappa shape index (κ1) is 11.6. The van der Waals surface area contributed by atoms with Gasteiger partial charge in [0.2, 0.25) is 0 Å². The van der Waals surface area contributed by atoms with Crippen molar-refractivity contribution in [3.8, 4) is 0 Å². The summed E-state index contributed by atoms with van der Waals surface area (Å²) in [4.78, 5) is 0. The van der Waals surface area contributed by atoms with E-state index in [-0.39, 0.29) is 0 Å². The van der Waals surface area contributed by atoms with Crippen LogP contribution in [0, 0.1) is 0 Å². The maximum atomic E-state index is 4.46. The monoisotopic (exact) mass is 281 g/mol. The fourth-order valence-electron chi connectivity index (χ4n) is 1.80. The molecule has 1 N–H and O–H groups in total. The average Bonchev–Trinajstić information content (AvgIpc) is 2.54. The molecule has 2 aromatic rings. The number of aromatic nitrogens is 2. The molecule has 0 radical (unpaired) electrons. The number of fused-ring (bicyclic) bond motifs is 1. The van der Waals surface area contributed by atoms with Crippen LogP contribution in [-0.2, 0) is 13.5 Å². The Morgan fingerprint density at radius 2 is 2.25 bits per heavy atom. The van der Waals surface area contributed by atoms with Crippen LogP contribution in [0.1, 0.15) is 12.5 Å². The van der Waals surface area contributed by atoms with Gasteiger partial charge in [0, 0.05) is 18.5 Å². The van der Waals surface area contributed by atoms with Gasteiger partial charge in [-0.3, -0.25) is 4.68 Å². The van der Waals surface area contributed by atoms with Gasteiger partial charge >= 0.3 is 0 Å². The van der Waals surface area contributed by atoms with E-state index in [4.69, 9.17) is 0 Å². The number of aryl methyl sites for hydroxylation is 1. The van der Waals surface area contributed by atoms with E-state index in [9.17, 15) is 0 Å². The average molecular weight is 282 g/mol. The number of hydrogen-bond acceptors (Lipinski definition) is 2. The SMILES string of the molecule is CNC(C)Cc1ccc2c(Br)n(C)nc2c1. The number of rotatable bonds is 3. The molecule has 1 unspecified atom stereocenters. The van der Waals surface area contributed by atoms with Crippen molar-refractivity contribution in [2.75, 3.05) is 7.05 Å². The van der Waals surface area contributed by atoms with Crippen molar-refractivity contribution in [1.29, 1.82) is 0 Å². The zero-order chi connectivity index (χ0) is 11.7. The van der Waals surface area contributed by atoms with E-state index < -0.39 is 0 Å². The fourth-order valence-corrected chi connectivity index (χ4v) is 2.21. The predicted octanol–water partition coefficient (Wildman–Crippen LogP) is 2.49. The van der Waals surface area contributed by atoms with E-state index in [0.29, 0.717) is 6.04 Å². The molecule has 16 heavy (non-hydrogen) atoms. The van der Waals surface area contributed by atoms with E-state index in [1.165, 1.54) is 10.9 Å². The van der Waals surface area contributed by atoms with Crippen LogP contribution in [0.15, 0.2) is 22.8 Å². The molecule has 0 saturated carbocycles. The van der Waals surface area contributed by atoms with Crippen LogP contribution in [0.4, 0.5) is 0 Å². The molecule has 4 heteroatoms. The number of nitrogens with one attached hydrogen (secondary N) is 1. The molecule has 2 rings (SSSR count). The Morgan fingerprint density at radius 1 is 1.50 bits per heavy atom. The first-order chi connectivity index (χ1) is 7.61. The predicted molar refractivity (Wildman–Crippen MR) is 70.6 cm³/mol. The van der Waals surface area contributed by atoms with Crippen molar-refractivity contribution in [3.63, 3.8) is 0 Å². The second-order valence-electron chi connectivity index (χ2n) is 4.16. The molecule has 0 aliphatic rings. The highest BCUT2D eigenvalue weighted by Crippen LogP contribution is 2.24. The summed E-state index contributed by atoms with van der Waals surface area (Å²) in [5.74, 6) is 0. The summed E-state index contributed by atoms with van der Waals surface area (Å²) < 4.78 is 2.89. The summed E-state index contributed by atoms with van der Waals surface area (Å²) in [7, 11) is 3.93. The van der Waals surface area contributed by atoms with Gasteiger partial charge in [-0.05, 0) is 54.0 Å². The van der Waals surface area contributed by atoms with Gasteiger partial charge in [-0.1, -0.05) is 6.07 Å². The van der Waals surface area contributed by atoms with Gasteiger partial charge < -0.3 is 5.32 Å². The lowest BCUT2D eigenvalue weighted by Gasteiger charge is -2.09. The molecule has 0 amide bonds. The Balaban J connectivity index is 2.37. The highest BCUT2D eigenvalue weighted by atomic mass is 79.9. The van der Waals surface area contributed by atoms with Gasteiger partial charge in [0.25, 0.3) is 0 Å². The van der Waals surface area contributed by atoms with Gasteiger partial charge in [0.1, 0.15) is 4.60 Å². The van der Waals surface area contributed by atoms with Gasteiger partial charge in [0.05, 0.1) is 5.52 Å². The van der Waals surface area contributed by atoms with Crippen molar-refractivity contribution in [1.82, 2.24) is 15.1 Å². The molecule has 86 valence electrons. The summed E-state index contributed by atoms with van der Waals surface area (Å²) in [5, 5.41) is 8.87. The van der Waals surface area contributed by atoms with E-state index >= 15 is 0 Å². The fraction of sp³-hybridized carbons (Fsp3) is 0.417. The minimum Gasteiger partial charge on any atom is -0.317 e. The lowest BCUT2D eigenvalue weighted by atomic mass is 10.1. The zero-order valence-electron chi connectivity index (χ0n) is 9.79. The molecule has 0 aliphatic carbocycles. The number of hydrogen-bond donors (Lipinski definition) is 1. The number of likely N-dealkylation sites (N-methyl/N-ethyl adjacent to an activating group) is 1. The third-order valence-corrected chi connectivity index (χ3v) is 3.80. The Hall–Kier alpha value is -0.870. The topological polar surface area (TPSA) is 29.9 Å². The van der Waals surface area contributed by atoms with Gasteiger partial charge in [-0.15, -0.1) is 0 Å². The summed E-state index contributed by atoms with van der Waals surface area (Å²) in [5.41, 5.74) is 2.37. The minimum absolute atomic E-state index is 0.490. The normalized spacial score (nSPS) is 13.2. The Labute approximate surface area is 104 Å². The van der Waals surface area contributed by atoms with Crippen LogP contribution in [0.5, 0.6) is 0 Å². The van der Waals surface area contributed by atoms with Crippen LogP contribution in [0.3, 0.4) is 0 Å². The maximum Gasteiger partial charge on any atom is 0.111 e. The maximum absolute atomic E-state index is 4.46. The van der Waals surface area contributed by atoms with Crippen molar-refractivity contribution >= 4 is 26.8 Å². The first-order valence-electron chi connectivity index (χ1n) is 5.40. The molecule has 1 heterocycles. The molecule has 0 fully saturated rings. The minimum atomic E-state index is 0.490. The molecular weight excluding hydrogens is 266 g/mol. The Bertz CT molecular complexity index is 504. The van der Waals surface area contributed by atoms with E-state index in [1.807, 2.05) is 18.8 Å². The van der Waals surface area contributed by atoms with E-state index in [2.05, 4.69) is 51.5 Å². The second kappa shape index (κ2) is 4.55. The summed E-state index contributed by atoms with van der Waals surface area (Å²) >= 11 is 3.53. The molecule has 0 aliphatic heterocycles. The highest BCUT2D eigenvalue weighted by Gasteiger charge is 2.07. The van der Waals surface area contributed by atoms with Gasteiger partial charge in [0.15, 0.2) is 0 Å². The van der Waals surface area contributed by atoms with Crippen LogP contribution in [0.2, 0.25) is 0 Å². The third kappa shape index (κ3) is 2.13. The van der Waals surface area contributed by atoms with Gasteiger partial charge in [-0.2, -0.15) is 5.10 Å². The molecule has 0 saturated heterocycles. The summed E-state index contributed by atoms with van der Waals surface area (Å²) in [6.45, 7) is 2.18. The Morgan fingerprint density at radius 3 is 2.94 bits per heavy atom. The molecular formula is C12H16BrN3. The largest absolute Gasteiger partial charge is 0.317 e. The summed E-state index contributed by atoms with van der Waals surface area (Å²) in [6.07, 6.45) is 1.03. The van der Waals surface area contributed by atoms with Crippen molar-refractivity contribution in [3.05, 3.63) is 28.4 Å². The molecule has 1 aromatic heterocycles. The van der Waals surface area contributed by atoms with Crippen molar-refractivity contribution < 1.29 is 0 Å². The first-order valence-corrected chi connectivity index (χ1v) is 6.19. The molecule has 1 atom stereocenters. The van der Waals surface area contributed by atoms with Gasteiger partial charge in [-0.25, -0.2) is 0 Å². The second-order valence-corrected chi connectivity index (χ2v) is 4.91. The third-order valence-electron chi connectivity index (χ3n) is 2.86. The van der Waals surface area contributed by atoms with Crippen molar-refractivity contribution in [2.45, 2.75) is 19.4 Å². The smallest absolute Gasteiger partial charge is 0.111 e. The molecule has 0 bridgehead atoms. The van der Waals surface area contributed by atoms with E-state index in [1.54, 1.807) is 0 Å². The van der Waals surface area contributed by atoms with Crippen molar-refractivity contribution in [2.24, 2.45) is 7.05 Å². The van der Waals surface area contributed by atoms with E-state index in [0.717, 1.165) is 16.5 Å².